The molecule has 2 nitrogen and oxygen atoms in total. The van der Waals surface area contributed by atoms with Gasteiger partial charge in [-0.2, -0.15) is 0 Å². The van der Waals surface area contributed by atoms with E-state index in [0.717, 1.165) is 22.7 Å². The highest BCUT2D eigenvalue weighted by Gasteiger charge is 2.17. The van der Waals surface area contributed by atoms with Gasteiger partial charge >= 0.3 is 0 Å². The minimum atomic E-state index is 0.857. The second-order valence-corrected chi connectivity index (χ2v) is 5.70. The van der Waals surface area contributed by atoms with E-state index < -0.39 is 0 Å². The molecule has 0 bridgehead atoms. The summed E-state index contributed by atoms with van der Waals surface area (Å²) >= 11 is 1.84. The van der Waals surface area contributed by atoms with Gasteiger partial charge in [0, 0.05) is 16.1 Å². The number of anilines is 1. The van der Waals surface area contributed by atoms with Gasteiger partial charge in [-0.05, 0) is 44.2 Å². The Labute approximate surface area is 106 Å². The van der Waals surface area contributed by atoms with Gasteiger partial charge in [-0.3, -0.25) is 0 Å². The van der Waals surface area contributed by atoms with Crippen LogP contribution in [0.25, 0.3) is 10.6 Å². The van der Waals surface area contributed by atoms with E-state index in [1.807, 2.05) is 23.5 Å². The average molecular weight is 244 g/mol. The third-order valence-electron chi connectivity index (χ3n) is 3.45. The summed E-state index contributed by atoms with van der Waals surface area (Å²) < 4.78 is 0. The van der Waals surface area contributed by atoms with Gasteiger partial charge in [-0.15, -0.1) is 11.3 Å². The van der Waals surface area contributed by atoms with Crippen molar-refractivity contribution >= 4 is 17.0 Å². The number of fused-ring (bicyclic) bond motifs is 1. The van der Waals surface area contributed by atoms with Crippen molar-refractivity contribution in [2.24, 2.45) is 0 Å². The number of nitrogens with zero attached hydrogens (tertiary/aromatic N) is 1. The molecular formula is C14H16N2S. The quantitative estimate of drug-likeness (QED) is 0.779. The van der Waals surface area contributed by atoms with Crippen molar-refractivity contribution in [2.45, 2.75) is 32.6 Å². The molecule has 0 saturated carbocycles. The van der Waals surface area contributed by atoms with Crippen molar-refractivity contribution < 1.29 is 0 Å². The number of benzene rings is 1. The lowest BCUT2D eigenvalue weighted by molar-refractivity contribution is 0.682. The first-order chi connectivity index (χ1) is 8.25. The number of nitrogens with two attached hydrogens (primary N) is 1. The lowest BCUT2D eigenvalue weighted by atomic mass is 10.0. The molecule has 2 aromatic rings. The fourth-order valence-corrected chi connectivity index (χ4v) is 3.58. The van der Waals surface area contributed by atoms with Crippen LogP contribution in [-0.2, 0) is 12.8 Å². The number of hydrogen-bond donors (Lipinski definition) is 1. The summed E-state index contributed by atoms with van der Waals surface area (Å²) in [4.78, 5) is 6.27. The Morgan fingerprint density at radius 2 is 2.06 bits per heavy atom. The van der Waals surface area contributed by atoms with Crippen LogP contribution in [0.4, 0.5) is 5.69 Å². The van der Waals surface area contributed by atoms with Crippen molar-refractivity contribution in [1.82, 2.24) is 4.98 Å². The van der Waals surface area contributed by atoms with Gasteiger partial charge in [0.25, 0.3) is 0 Å². The van der Waals surface area contributed by atoms with Gasteiger partial charge in [-0.1, -0.05) is 12.1 Å². The van der Waals surface area contributed by atoms with Gasteiger partial charge < -0.3 is 5.73 Å². The number of rotatable bonds is 1. The lowest BCUT2D eigenvalue weighted by Crippen LogP contribution is -1.99. The number of hydrogen-bond acceptors (Lipinski definition) is 3. The van der Waals surface area contributed by atoms with E-state index in [4.69, 9.17) is 10.7 Å². The number of aromatic nitrogens is 1. The lowest BCUT2D eigenvalue weighted by Gasteiger charge is -2.06. The molecular weight excluding hydrogens is 228 g/mol. The monoisotopic (exact) mass is 244 g/mol. The zero-order valence-corrected chi connectivity index (χ0v) is 10.8. The summed E-state index contributed by atoms with van der Waals surface area (Å²) in [5.74, 6) is 0. The fraction of sp³-hybridized carbons (Fsp3) is 0.357. The summed E-state index contributed by atoms with van der Waals surface area (Å²) in [6.45, 7) is 2.07. The molecule has 1 heterocycles. The van der Waals surface area contributed by atoms with Crippen molar-refractivity contribution in [3.63, 3.8) is 0 Å². The standard InChI is InChI=1S/C14H16N2S/c1-9-10(5-4-6-11(9)15)14-16-12-7-2-3-8-13(12)17-14/h4-6H,2-3,7-8,15H2,1H3. The van der Waals surface area contributed by atoms with Gasteiger partial charge in [0.05, 0.1) is 5.69 Å². The molecule has 0 fully saturated rings. The maximum atomic E-state index is 5.96. The molecule has 1 aromatic heterocycles. The van der Waals surface area contributed by atoms with Gasteiger partial charge in [0.1, 0.15) is 5.01 Å². The third-order valence-corrected chi connectivity index (χ3v) is 4.64. The van der Waals surface area contributed by atoms with Gasteiger partial charge in [-0.25, -0.2) is 4.98 Å². The molecule has 0 spiro atoms. The zero-order valence-electron chi connectivity index (χ0n) is 9.99. The number of thiazole rings is 1. The highest BCUT2D eigenvalue weighted by atomic mass is 32.1. The van der Waals surface area contributed by atoms with E-state index in [0.29, 0.717) is 0 Å². The summed E-state index contributed by atoms with van der Waals surface area (Å²) in [6, 6.07) is 6.08. The highest BCUT2D eigenvalue weighted by molar-refractivity contribution is 7.15. The first kappa shape index (κ1) is 10.8. The first-order valence-corrected chi connectivity index (χ1v) is 6.91. The Bertz CT molecular complexity index is 534. The molecule has 1 aromatic carbocycles. The van der Waals surface area contributed by atoms with Crippen LogP contribution >= 0.6 is 11.3 Å². The molecule has 88 valence electrons. The summed E-state index contributed by atoms with van der Waals surface area (Å²) in [5, 5.41) is 1.14. The van der Waals surface area contributed by atoms with E-state index in [9.17, 15) is 0 Å². The first-order valence-electron chi connectivity index (χ1n) is 6.10. The molecule has 3 rings (SSSR count). The molecule has 2 N–H and O–H groups in total. The van der Waals surface area contributed by atoms with Crippen molar-refractivity contribution in [1.29, 1.82) is 0 Å². The molecule has 0 atom stereocenters. The summed E-state index contributed by atoms with van der Waals surface area (Å²) in [5.41, 5.74) is 10.5. The maximum Gasteiger partial charge on any atom is 0.124 e. The molecule has 17 heavy (non-hydrogen) atoms. The second kappa shape index (κ2) is 4.15. The minimum absolute atomic E-state index is 0.857. The van der Waals surface area contributed by atoms with E-state index in [1.165, 1.54) is 35.4 Å². The van der Waals surface area contributed by atoms with Crippen LogP contribution in [0.5, 0.6) is 0 Å². The molecule has 0 unspecified atom stereocenters. The van der Waals surface area contributed by atoms with Crippen molar-refractivity contribution in [2.75, 3.05) is 5.73 Å². The predicted octanol–water partition coefficient (Wildman–Crippen LogP) is 3.58. The Hall–Kier alpha value is -1.35. The second-order valence-electron chi connectivity index (χ2n) is 4.62. The fourth-order valence-electron chi connectivity index (χ4n) is 2.35. The molecule has 1 aliphatic rings. The SMILES string of the molecule is Cc1c(N)cccc1-c1nc2c(s1)CCCC2. The maximum absolute atomic E-state index is 5.96. The Morgan fingerprint density at radius 1 is 1.24 bits per heavy atom. The molecule has 0 radical (unpaired) electrons. The van der Waals surface area contributed by atoms with Crippen LogP contribution in [0.2, 0.25) is 0 Å². The normalized spacial score (nSPS) is 14.6. The smallest absolute Gasteiger partial charge is 0.124 e. The van der Waals surface area contributed by atoms with Crippen molar-refractivity contribution in [3.8, 4) is 10.6 Å². The molecule has 0 saturated heterocycles. The van der Waals surface area contributed by atoms with E-state index in [2.05, 4.69) is 13.0 Å². The largest absolute Gasteiger partial charge is 0.398 e. The molecule has 0 amide bonds. The highest BCUT2D eigenvalue weighted by Crippen LogP contribution is 2.35. The summed E-state index contributed by atoms with van der Waals surface area (Å²) in [7, 11) is 0. The van der Waals surface area contributed by atoms with Crippen LogP contribution in [0.3, 0.4) is 0 Å². The zero-order chi connectivity index (χ0) is 11.8. The number of nitrogen functional groups attached to an aromatic ring is 1. The molecule has 1 aliphatic carbocycles. The Morgan fingerprint density at radius 3 is 2.88 bits per heavy atom. The predicted molar refractivity (Wildman–Crippen MR) is 73.3 cm³/mol. The Kier molecular flexibility index (Phi) is 2.63. The average Bonchev–Trinajstić information content (AvgIpc) is 2.76. The van der Waals surface area contributed by atoms with E-state index >= 15 is 0 Å². The van der Waals surface area contributed by atoms with Crippen LogP contribution in [-0.4, -0.2) is 4.98 Å². The third kappa shape index (κ3) is 1.84. The van der Waals surface area contributed by atoms with Crippen LogP contribution < -0.4 is 5.73 Å². The molecule has 0 aliphatic heterocycles. The summed E-state index contributed by atoms with van der Waals surface area (Å²) in [6.07, 6.45) is 4.94. The molecule has 3 heteroatoms. The van der Waals surface area contributed by atoms with Gasteiger partial charge in [0.2, 0.25) is 0 Å². The van der Waals surface area contributed by atoms with Gasteiger partial charge in [0.15, 0.2) is 0 Å². The van der Waals surface area contributed by atoms with Crippen LogP contribution in [0, 0.1) is 6.92 Å². The topological polar surface area (TPSA) is 38.9 Å². The minimum Gasteiger partial charge on any atom is -0.398 e. The van der Waals surface area contributed by atoms with Crippen LogP contribution in [0.1, 0.15) is 29.0 Å². The van der Waals surface area contributed by atoms with Crippen LogP contribution in [0.15, 0.2) is 18.2 Å². The van der Waals surface area contributed by atoms with E-state index in [-0.39, 0.29) is 0 Å². The van der Waals surface area contributed by atoms with Crippen molar-refractivity contribution in [3.05, 3.63) is 34.3 Å². The Balaban J connectivity index is 2.09. The van der Waals surface area contributed by atoms with E-state index in [1.54, 1.807) is 0 Å². The number of aryl methyl sites for hydroxylation is 2.